The molecule has 0 saturated heterocycles. The van der Waals surface area contributed by atoms with Crippen LogP contribution in [0, 0.1) is 12.8 Å². The van der Waals surface area contributed by atoms with Gasteiger partial charge in [-0.25, -0.2) is 4.98 Å². The number of fused-ring (bicyclic) bond motifs is 1. The van der Waals surface area contributed by atoms with Gasteiger partial charge in [-0.1, -0.05) is 67.2 Å². The molecule has 2 heterocycles. The van der Waals surface area contributed by atoms with Crippen molar-refractivity contribution in [2.45, 2.75) is 38.5 Å². The highest BCUT2D eigenvalue weighted by Crippen LogP contribution is 2.29. The number of para-hydroxylation sites is 1. The molecule has 1 aliphatic heterocycles. The van der Waals surface area contributed by atoms with Crippen LogP contribution < -0.4 is 10.5 Å². The monoisotopic (exact) mass is 419 g/mol. The summed E-state index contributed by atoms with van der Waals surface area (Å²) in [6, 6.07) is 19.7. The maximum atomic E-state index is 13.6. The molecular weight excluding hydrogens is 394 g/mol. The molecule has 1 unspecified atom stereocenters. The second-order valence-corrected chi connectivity index (χ2v) is 8.47. The van der Waals surface area contributed by atoms with E-state index >= 15 is 0 Å². The van der Waals surface area contributed by atoms with Crippen molar-refractivity contribution in [1.82, 2.24) is 9.55 Å². The number of aryl methyl sites for hydroxylation is 1. The third-order valence-corrected chi connectivity index (χ3v) is 6.61. The van der Waals surface area contributed by atoms with Gasteiger partial charge in [0.15, 0.2) is 5.16 Å². The van der Waals surface area contributed by atoms with Gasteiger partial charge in [0.1, 0.15) is 0 Å². The zero-order valence-electron chi connectivity index (χ0n) is 17.2. The summed E-state index contributed by atoms with van der Waals surface area (Å²) in [6.45, 7) is 4.72. The number of benzene rings is 2. The Morgan fingerprint density at radius 2 is 1.80 bits per heavy atom. The van der Waals surface area contributed by atoms with Gasteiger partial charge in [-0.05, 0) is 31.0 Å². The summed E-state index contributed by atoms with van der Waals surface area (Å²) in [5.74, 6) is 0.376. The maximum Gasteiger partial charge on any atom is 0.257 e. The quantitative estimate of drug-likeness (QED) is 0.585. The van der Waals surface area contributed by atoms with Crippen molar-refractivity contribution in [3.05, 3.63) is 87.8 Å². The average molecular weight is 420 g/mol. The van der Waals surface area contributed by atoms with Gasteiger partial charge in [0.05, 0.1) is 12.5 Å². The first-order valence-electron chi connectivity index (χ1n) is 10.2. The Bertz CT molecular complexity index is 1100. The van der Waals surface area contributed by atoms with Crippen LogP contribution in [0.1, 0.15) is 23.7 Å². The summed E-state index contributed by atoms with van der Waals surface area (Å²) < 4.78 is 1.69. The number of anilines is 1. The van der Waals surface area contributed by atoms with Crippen molar-refractivity contribution in [2.75, 3.05) is 10.7 Å². The molecule has 0 aliphatic carbocycles. The molecule has 0 N–H and O–H groups in total. The molecule has 5 nitrogen and oxygen atoms in total. The molecular formula is C24H25N3O2S. The third kappa shape index (κ3) is 4.05. The van der Waals surface area contributed by atoms with Crippen LogP contribution in [0.4, 0.5) is 5.69 Å². The molecule has 0 spiro atoms. The highest BCUT2D eigenvalue weighted by Gasteiger charge is 2.31. The number of nitrogens with zero attached hydrogens (tertiary/aromatic N) is 3. The summed E-state index contributed by atoms with van der Waals surface area (Å²) in [5, 5.41) is 0.716. The van der Waals surface area contributed by atoms with E-state index in [0.29, 0.717) is 30.4 Å². The van der Waals surface area contributed by atoms with E-state index in [0.717, 1.165) is 22.5 Å². The zero-order valence-corrected chi connectivity index (χ0v) is 18.1. The summed E-state index contributed by atoms with van der Waals surface area (Å²) in [7, 11) is 0. The summed E-state index contributed by atoms with van der Waals surface area (Å²) in [4.78, 5) is 33.0. The van der Waals surface area contributed by atoms with E-state index in [1.807, 2.05) is 79.4 Å². The van der Waals surface area contributed by atoms with Crippen LogP contribution in [-0.2, 0) is 24.3 Å². The van der Waals surface area contributed by atoms with E-state index in [1.165, 1.54) is 11.8 Å². The molecule has 154 valence electrons. The van der Waals surface area contributed by atoms with Crippen molar-refractivity contribution in [3.63, 3.8) is 0 Å². The molecule has 30 heavy (non-hydrogen) atoms. The van der Waals surface area contributed by atoms with Gasteiger partial charge in [-0.3, -0.25) is 14.2 Å². The zero-order chi connectivity index (χ0) is 21.1. The van der Waals surface area contributed by atoms with E-state index in [9.17, 15) is 9.59 Å². The SMILES string of the molecule is CCc1c(C)nc2n(c1=O)CC(C(=O)N(Cc1ccccc1)c1ccccc1)CS2. The largest absolute Gasteiger partial charge is 0.308 e. The number of carbonyl (C=O) groups is 1. The lowest BCUT2D eigenvalue weighted by Crippen LogP contribution is -2.43. The van der Waals surface area contributed by atoms with Crippen LogP contribution in [0.5, 0.6) is 0 Å². The highest BCUT2D eigenvalue weighted by molar-refractivity contribution is 7.99. The van der Waals surface area contributed by atoms with Crippen molar-refractivity contribution in [3.8, 4) is 0 Å². The Hall–Kier alpha value is -2.86. The standard InChI is InChI=1S/C24H25N3O2S/c1-3-21-17(2)25-24-27(23(21)29)15-19(16-30-24)22(28)26(20-12-8-5-9-13-20)14-18-10-6-4-7-11-18/h4-13,19H,3,14-16H2,1-2H3. The Morgan fingerprint density at radius 1 is 1.13 bits per heavy atom. The molecule has 0 bridgehead atoms. The number of hydrogen-bond donors (Lipinski definition) is 0. The summed E-state index contributed by atoms with van der Waals surface area (Å²) >= 11 is 1.50. The first-order valence-corrected chi connectivity index (χ1v) is 11.2. The fourth-order valence-electron chi connectivity index (χ4n) is 3.84. The minimum atomic E-state index is -0.279. The molecule has 0 fully saturated rings. The van der Waals surface area contributed by atoms with Crippen LogP contribution in [0.25, 0.3) is 0 Å². The fourth-order valence-corrected chi connectivity index (χ4v) is 4.96. The molecule has 6 heteroatoms. The number of thioether (sulfide) groups is 1. The van der Waals surface area contributed by atoms with Crippen LogP contribution in [0.15, 0.2) is 70.6 Å². The molecule has 0 saturated carbocycles. The van der Waals surface area contributed by atoms with Crippen LogP contribution >= 0.6 is 11.8 Å². The summed E-state index contributed by atoms with van der Waals surface area (Å²) in [5.41, 5.74) is 3.45. The van der Waals surface area contributed by atoms with Gasteiger partial charge in [-0.15, -0.1) is 0 Å². The minimum Gasteiger partial charge on any atom is -0.308 e. The molecule has 1 atom stereocenters. The number of rotatable bonds is 5. The normalized spacial score (nSPS) is 15.5. The average Bonchev–Trinajstić information content (AvgIpc) is 2.78. The molecule has 4 rings (SSSR count). The molecule has 1 amide bonds. The van der Waals surface area contributed by atoms with Gasteiger partial charge in [-0.2, -0.15) is 0 Å². The second kappa shape index (κ2) is 8.88. The Kier molecular flexibility index (Phi) is 6.04. The van der Waals surface area contributed by atoms with E-state index in [2.05, 4.69) is 4.98 Å². The predicted molar refractivity (Wildman–Crippen MR) is 121 cm³/mol. The smallest absolute Gasteiger partial charge is 0.257 e. The Morgan fingerprint density at radius 3 is 2.47 bits per heavy atom. The van der Waals surface area contributed by atoms with E-state index in [-0.39, 0.29) is 17.4 Å². The fraction of sp³-hybridized carbons (Fsp3) is 0.292. The molecule has 2 aromatic carbocycles. The van der Waals surface area contributed by atoms with Crippen LogP contribution in [-0.4, -0.2) is 21.2 Å². The van der Waals surface area contributed by atoms with Gasteiger partial charge in [0.2, 0.25) is 5.91 Å². The van der Waals surface area contributed by atoms with E-state index in [1.54, 1.807) is 4.57 Å². The van der Waals surface area contributed by atoms with Gasteiger partial charge in [0, 0.05) is 29.2 Å². The van der Waals surface area contributed by atoms with Crippen molar-refractivity contribution >= 4 is 23.4 Å². The summed E-state index contributed by atoms with van der Waals surface area (Å²) in [6.07, 6.45) is 0.644. The molecule has 1 aliphatic rings. The number of carbonyl (C=O) groups excluding carboxylic acids is 1. The highest BCUT2D eigenvalue weighted by atomic mass is 32.2. The maximum absolute atomic E-state index is 13.6. The van der Waals surface area contributed by atoms with E-state index < -0.39 is 0 Å². The van der Waals surface area contributed by atoms with Gasteiger partial charge < -0.3 is 4.90 Å². The van der Waals surface area contributed by atoms with Crippen molar-refractivity contribution < 1.29 is 4.79 Å². The number of hydrogen-bond acceptors (Lipinski definition) is 4. The van der Waals surface area contributed by atoms with Crippen LogP contribution in [0.2, 0.25) is 0 Å². The van der Waals surface area contributed by atoms with Crippen molar-refractivity contribution in [1.29, 1.82) is 0 Å². The van der Waals surface area contributed by atoms with Crippen molar-refractivity contribution in [2.24, 2.45) is 5.92 Å². The Balaban J connectivity index is 1.65. The lowest BCUT2D eigenvalue weighted by Gasteiger charge is -2.31. The predicted octanol–water partition coefficient (Wildman–Crippen LogP) is 4.07. The Labute approximate surface area is 180 Å². The first-order chi connectivity index (χ1) is 14.6. The topological polar surface area (TPSA) is 55.2 Å². The number of amides is 1. The molecule has 1 aromatic heterocycles. The minimum absolute atomic E-state index is 0.0145. The van der Waals surface area contributed by atoms with E-state index in [4.69, 9.17) is 0 Å². The first kappa shape index (κ1) is 20.4. The van der Waals surface area contributed by atoms with Crippen LogP contribution in [0.3, 0.4) is 0 Å². The molecule has 0 radical (unpaired) electrons. The second-order valence-electron chi connectivity index (χ2n) is 7.48. The third-order valence-electron chi connectivity index (χ3n) is 5.47. The molecule has 3 aromatic rings. The number of aromatic nitrogens is 2. The lowest BCUT2D eigenvalue weighted by molar-refractivity contribution is -0.122. The van der Waals surface area contributed by atoms with Gasteiger partial charge in [0.25, 0.3) is 5.56 Å². The lowest BCUT2D eigenvalue weighted by atomic mass is 10.1. The van der Waals surface area contributed by atoms with Gasteiger partial charge >= 0.3 is 0 Å².